The molecule has 2 amide bonds. The fourth-order valence-corrected chi connectivity index (χ4v) is 2.52. The average molecular weight is 344 g/mol. The highest BCUT2D eigenvalue weighted by molar-refractivity contribution is 6.39. The molecule has 0 bridgehead atoms. The molecule has 1 heterocycles. The van der Waals surface area contributed by atoms with Gasteiger partial charge in [-0.2, -0.15) is 0 Å². The molecule has 1 aromatic heterocycles. The average Bonchev–Trinajstić information content (AvgIpc) is 3.09. The van der Waals surface area contributed by atoms with Crippen molar-refractivity contribution in [3.05, 3.63) is 53.5 Å². The van der Waals surface area contributed by atoms with Gasteiger partial charge in [0.25, 0.3) is 0 Å². The number of furan rings is 1. The molecule has 0 saturated heterocycles. The maximum absolute atomic E-state index is 12.2. The summed E-state index contributed by atoms with van der Waals surface area (Å²) >= 11 is 0. The molecule has 6 heteroatoms. The number of anilines is 1. The molecule has 2 rings (SSSR count). The van der Waals surface area contributed by atoms with E-state index in [1.165, 1.54) is 13.2 Å². The van der Waals surface area contributed by atoms with Gasteiger partial charge in [0.1, 0.15) is 11.4 Å². The third-order valence-electron chi connectivity index (χ3n) is 4.02. The van der Waals surface area contributed by atoms with Crippen LogP contribution in [0, 0.1) is 6.92 Å². The smallest absolute Gasteiger partial charge is 0.313 e. The molecule has 0 saturated carbocycles. The lowest BCUT2D eigenvalue weighted by atomic mass is 9.98. The topological polar surface area (TPSA) is 91.6 Å². The van der Waals surface area contributed by atoms with Gasteiger partial charge in [-0.3, -0.25) is 9.59 Å². The molecule has 1 unspecified atom stereocenters. The van der Waals surface area contributed by atoms with E-state index in [0.29, 0.717) is 11.4 Å². The van der Waals surface area contributed by atoms with Gasteiger partial charge in [0.2, 0.25) is 0 Å². The first-order valence-corrected chi connectivity index (χ1v) is 8.17. The summed E-state index contributed by atoms with van der Waals surface area (Å²) in [4.78, 5) is 24.3. The summed E-state index contributed by atoms with van der Waals surface area (Å²) in [6.07, 6.45) is 1.43. The summed E-state index contributed by atoms with van der Waals surface area (Å²) < 4.78 is 5.14. The van der Waals surface area contributed by atoms with Crippen molar-refractivity contribution in [1.82, 2.24) is 5.32 Å². The number of aryl methyl sites for hydroxylation is 1. The molecule has 0 fully saturated rings. The molecule has 2 aromatic rings. The number of amides is 2. The first-order valence-electron chi connectivity index (χ1n) is 8.17. The van der Waals surface area contributed by atoms with Crippen LogP contribution in [0.25, 0.3) is 0 Å². The Balaban J connectivity index is 2.03. The van der Waals surface area contributed by atoms with Crippen LogP contribution in [-0.2, 0) is 15.2 Å². The highest BCUT2D eigenvalue weighted by atomic mass is 16.4. The number of aliphatic hydroxyl groups is 1. The van der Waals surface area contributed by atoms with Crippen molar-refractivity contribution < 1.29 is 19.1 Å². The van der Waals surface area contributed by atoms with Crippen LogP contribution in [0.15, 0.2) is 41.0 Å². The Hall–Kier alpha value is -2.60. The molecule has 134 valence electrons. The molecule has 3 N–H and O–H groups in total. The van der Waals surface area contributed by atoms with E-state index in [4.69, 9.17) is 4.42 Å². The lowest BCUT2D eigenvalue weighted by Crippen LogP contribution is -2.43. The van der Waals surface area contributed by atoms with Crippen LogP contribution in [0.1, 0.15) is 43.6 Å². The fourth-order valence-electron chi connectivity index (χ4n) is 2.52. The van der Waals surface area contributed by atoms with E-state index >= 15 is 0 Å². The Morgan fingerprint density at radius 1 is 1.20 bits per heavy atom. The second-order valence-corrected chi connectivity index (χ2v) is 6.58. The van der Waals surface area contributed by atoms with Gasteiger partial charge in [0.15, 0.2) is 0 Å². The molecule has 25 heavy (non-hydrogen) atoms. The van der Waals surface area contributed by atoms with Gasteiger partial charge in [-0.05, 0) is 43.0 Å². The van der Waals surface area contributed by atoms with E-state index in [0.717, 1.165) is 11.1 Å². The Morgan fingerprint density at radius 2 is 1.92 bits per heavy atom. The van der Waals surface area contributed by atoms with E-state index in [2.05, 4.69) is 10.6 Å². The summed E-state index contributed by atoms with van der Waals surface area (Å²) in [6, 6.07) is 8.97. The number of nitrogens with one attached hydrogen (secondary N) is 2. The predicted octanol–water partition coefficient (Wildman–Crippen LogP) is 2.67. The lowest BCUT2D eigenvalue weighted by molar-refractivity contribution is -0.136. The Bertz CT molecular complexity index is 749. The van der Waals surface area contributed by atoms with Crippen molar-refractivity contribution in [3.63, 3.8) is 0 Å². The van der Waals surface area contributed by atoms with Gasteiger partial charge in [-0.25, -0.2) is 0 Å². The summed E-state index contributed by atoms with van der Waals surface area (Å²) in [6.45, 7) is 7.27. The second kappa shape index (κ2) is 7.53. The van der Waals surface area contributed by atoms with E-state index in [9.17, 15) is 14.7 Å². The van der Waals surface area contributed by atoms with Crippen molar-refractivity contribution in [2.24, 2.45) is 0 Å². The van der Waals surface area contributed by atoms with Crippen molar-refractivity contribution in [2.45, 2.75) is 39.2 Å². The molecule has 0 aliphatic rings. The largest absolute Gasteiger partial charge is 0.466 e. The predicted molar refractivity (Wildman–Crippen MR) is 95.2 cm³/mol. The molecule has 0 aliphatic carbocycles. The highest BCUT2D eigenvalue weighted by Crippen LogP contribution is 2.27. The molecule has 1 atom stereocenters. The third kappa shape index (κ3) is 4.48. The van der Waals surface area contributed by atoms with Gasteiger partial charge in [0.05, 0.1) is 12.8 Å². The molecule has 1 aromatic carbocycles. The van der Waals surface area contributed by atoms with E-state index in [1.807, 2.05) is 39.0 Å². The Kier molecular flexibility index (Phi) is 5.64. The highest BCUT2D eigenvalue weighted by Gasteiger charge is 2.28. The van der Waals surface area contributed by atoms with E-state index < -0.39 is 17.4 Å². The Labute approximate surface area is 147 Å². The van der Waals surface area contributed by atoms with Gasteiger partial charge < -0.3 is 20.2 Å². The number of benzene rings is 1. The fraction of sp³-hybridized carbons (Fsp3) is 0.368. The standard InChI is InChI=1S/C19H24N2O4/c1-12(2)14-8-5-7-13(3)16(14)21-18(23)17(22)20-11-19(4,24)15-9-6-10-25-15/h5-10,12,24H,11H2,1-4H3,(H,20,22)(H,21,23). The van der Waals surface area contributed by atoms with Gasteiger partial charge in [0, 0.05) is 5.69 Å². The van der Waals surface area contributed by atoms with Crippen LogP contribution in [0.5, 0.6) is 0 Å². The van der Waals surface area contributed by atoms with Crippen molar-refractivity contribution in [3.8, 4) is 0 Å². The first kappa shape index (κ1) is 18.7. The number of carbonyl (C=O) groups is 2. The van der Waals surface area contributed by atoms with E-state index in [1.54, 1.807) is 12.1 Å². The molecule has 0 aliphatic heterocycles. The summed E-state index contributed by atoms with van der Waals surface area (Å²) in [5.74, 6) is -1.07. The minimum Gasteiger partial charge on any atom is -0.466 e. The van der Waals surface area contributed by atoms with Crippen molar-refractivity contribution >= 4 is 17.5 Å². The summed E-state index contributed by atoms with van der Waals surface area (Å²) in [5, 5.41) is 15.4. The van der Waals surface area contributed by atoms with Crippen LogP contribution in [0.3, 0.4) is 0 Å². The van der Waals surface area contributed by atoms with Gasteiger partial charge in [-0.1, -0.05) is 32.0 Å². The lowest BCUT2D eigenvalue weighted by Gasteiger charge is -2.21. The minimum atomic E-state index is -1.40. The number of rotatable bonds is 5. The zero-order valence-corrected chi connectivity index (χ0v) is 14.9. The SMILES string of the molecule is Cc1cccc(C(C)C)c1NC(=O)C(=O)NCC(C)(O)c1ccco1. The summed E-state index contributed by atoms with van der Waals surface area (Å²) in [5.41, 5.74) is 1.10. The zero-order valence-electron chi connectivity index (χ0n) is 14.9. The van der Waals surface area contributed by atoms with Crippen LogP contribution in [0.2, 0.25) is 0 Å². The Morgan fingerprint density at radius 3 is 2.52 bits per heavy atom. The van der Waals surface area contributed by atoms with Gasteiger partial charge >= 0.3 is 11.8 Å². The maximum Gasteiger partial charge on any atom is 0.313 e. The zero-order chi connectivity index (χ0) is 18.6. The normalized spacial score (nSPS) is 13.4. The summed E-state index contributed by atoms with van der Waals surface area (Å²) in [7, 11) is 0. The number of hydrogen-bond acceptors (Lipinski definition) is 4. The van der Waals surface area contributed by atoms with Crippen LogP contribution < -0.4 is 10.6 Å². The van der Waals surface area contributed by atoms with E-state index in [-0.39, 0.29) is 12.5 Å². The second-order valence-electron chi connectivity index (χ2n) is 6.58. The van der Waals surface area contributed by atoms with Gasteiger partial charge in [-0.15, -0.1) is 0 Å². The van der Waals surface area contributed by atoms with Crippen LogP contribution in [0.4, 0.5) is 5.69 Å². The quantitative estimate of drug-likeness (QED) is 0.727. The third-order valence-corrected chi connectivity index (χ3v) is 4.02. The number of para-hydroxylation sites is 1. The first-order chi connectivity index (χ1) is 11.7. The molecule has 0 spiro atoms. The monoisotopic (exact) mass is 344 g/mol. The minimum absolute atomic E-state index is 0.141. The van der Waals surface area contributed by atoms with Crippen molar-refractivity contribution in [2.75, 3.05) is 11.9 Å². The number of carbonyl (C=O) groups excluding carboxylic acids is 2. The molecule has 0 radical (unpaired) electrons. The van der Waals surface area contributed by atoms with Crippen LogP contribution in [-0.4, -0.2) is 23.5 Å². The molecule has 6 nitrogen and oxygen atoms in total. The van der Waals surface area contributed by atoms with Crippen molar-refractivity contribution in [1.29, 1.82) is 0 Å². The molecular weight excluding hydrogens is 320 g/mol. The number of hydrogen-bond donors (Lipinski definition) is 3. The van der Waals surface area contributed by atoms with Crippen LogP contribution >= 0.6 is 0 Å². The maximum atomic E-state index is 12.2. The molecular formula is C19H24N2O4.